The van der Waals surface area contributed by atoms with Gasteiger partial charge in [-0.2, -0.15) is 57.1 Å². The molecular formula is C9H3F14NO2. The Kier molecular flexibility index (Phi) is 5.07. The second kappa shape index (κ2) is 5.82. The summed E-state index contributed by atoms with van der Waals surface area (Å²) in [5, 5.41) is 0. The Bertz CT molecular complexity index is 573. The average molecular weight is 423 g/mol. The first-order valence-corrected chi connectivity index (χ1v) is 5.59. The number of methoxy groups -OCH3 is 1. The third kappa shape index (κ3) is 2.98. The van der Waals surface area contributed by atoms with Crippen molar-refractivity contribution in [3.8, 4) is 0 Å². The van der Waals surface area contributed by atoms with E-state index in [1.54, 1.807) is 4.74 Å². The molecule has 0 N–H and O–H groups in total. The van der Waals surface area contributed by atoms with Gasteiger partial charge >= 0.3 is 36.5 Å². The van der Waals surface area contributed by atoms with Crippen molar-refractivity contribution in [2.45, 2.75) is 36.5 Å². The second-order valence-electron chi connectivity index (χ2n) is 4.44. The molecular weight excluding hydrogens is 420 g/mol. The minimum atomic E-state index is -7.14. The zero-order valence-corrected chi connectivity index (χ0v) is 11.6. The van der Waals surface area contributed by atoms with E-state index in [4.69, 9.17) is 0 Å². The minimum Gasteiger partial charge on any atom is -0.318 e. The van der Waals surface area contributed by atoms with Crippen LogP contribution in [-0.4, -0.2) is 48.5 Å². The van der Waals surface area contributed by atoms with Crippen molar-refractivity contribution in [1.82, 2.24) is 4.90 Å². The fraction of sp³-hybridized carbons (Fsp3) is 0.778. The molecule has 0 aromatic rings. The van der Waals surface area contributed by atoms with E-state index in [0.29, 0.717) is 0 Å². The van der Waals surface area contributed by atoms with Crippen LogP contribution in [0.15, 0.2) is 11.7 Å². The molecule has 0 aliphatic carbocycles. The van der Waals surface area contributed by atoms with Gasteiger partial charge in [-0.05, 0) is 0 Å². The summed E-state index contributed by atoms with van der Waals surface area (Å²) in [5.41, 5.74) is 0. The molecule has 1 aliphatic rings. The predicted molar refractivity (Wildman–Crippen MR) is 48.9 cm³/mol. The lowest BCUT2D eigenvalue weighted by Crippen LogP contribution is -2.77. The van der Waals surface area contributed by atoms with E-state index in [1.165, 1.54) is 0 Å². The second-order valence-corrected chi connectivity index (χ2v) is 4.44. The standard InChI is InChI=1S/C9H3F14NO2/c1-25-5(14,15)3(11)2(10)4(12,13)24-6(16,17)8(20,21)26-9(22,23)7(24,18)19/h1H3/b3-2+. The molecule has 0 atom stereocenters. The van der Waals surface area contributed by atoms with Gasteiger partial charge in [0.2, 0.25) is 11.7 Å². The normalized spacial score (nSPS) is 26.4. The van der Waals surface area contributed by atoms with Crippen molar-refractivity contribution in [1.29, 1.82) is 0 Å². The summed E-state index contributed by atoms with van der Waals surface area (Å²) in [6.07, 6.45) is -19.3. The van der Waals surface area contributed by atoms with Crippen LogP contribution in [0.1, 0.15) is 0 Å². The van der Waals surface area contributed by atoms with Gasteiger partial charge in [0.1, 0.15) is 0 Å². The van der Waals surface area contributed by atoms with Gasteiger partial charge in [-0.15, -0.1) is 0 Å². The van der Waals surface area contributed by atoms with Gasteiger partial charge in [0.05, 0.1) is 0 Å². The number of rotatable bonds is 4. The molecule has 1 fully saturated rings. The summed E-state index contributed by atoms with van der Waals surface area (Å²) in [5.74, 6) is -8.63. The maximum absolute atomic E-state index is 13.5. The van der Waals surface area contributed by atoms with E-state index in [-0.39, 0.29) is 7.11 Å². The van der Waals surface area contributed by atoms with Crippen molar-refractivity contribution in [3.63, 3.8) is 0 Å². The molecule has 0 bridgehead atoms. The number of nitrogens with zero attached hydrogens (tertiary/aromatic N) is 1. The number of hydrogen-bond donors (Lipinski definition) is 0. The summed E-state index contributed by atoms with van der Waals surface area (Å²) in [7, 11) is -0.148. The third-order valence-corrected chi connectivity index (χ3v) is 2.77. The molecule has 0 spiro atoms. The molecule has 154 valence electrons. The zero-order chi connectivity index (χ0) is 21.1. The maximum Gasteiger partial charge on any atom is 0.439 e. The lowest BCUT2D eigenvalue weighted by Gasteiger charge is -2.48. The first-order chi connectivity index (χ1) is 11.2. The molecule has 3 nitrogen and oxygen atoms in total. The highest BCUT2D eigenvalue weighted by atomic mass is 19.4. The molecule has 0 unspecified atom stereocenters. The van der Waals surface area contributed by atoms with Crippen LogP contribution in [0.2, 0.25) is 0 Å². The molecule has 0 amide bonds. The minimum absolute atomic E-state index is 0.148. The summed E-state index contributed by atoms with van der Waals surface area (Å²) in [6.45, 7) is 0. The van der Waals surface area contributed by atoms with Crippen LogP contribution >= 0.6 is 0 Å². The van der Waals surface area contributed by atoms with Crippen LogP contribution < -0.4 is 0 Å². The monoisotopic (exact) mass is 423 g/mol. The Morgan fingerprint density at radius 2 is 1.12 bits per heavy atom. The van der Waals surface area contributed by atoms with E-state index in [1.807, 2.05) is 0 Å². The van der Waals surface area contributed by atoms with Crippen LogP contribution in [0, 0.1) is 0 Å². The van der Waals surface area contributed by atoms with Crippen molar-refractivity contribution in [2.75, 3.05) is 7.11 Å². The number of ether oxygens (including phenoxy) is 2. The number of morpholine rings is 1. The Hall–Kier alpha value is -1.36. The van der Waals surface area contributed by atoms with Crippen LogP contribution in [0.4, 0.5) is 61.5 Å². The predicted octanol–water partition coefficient (Wildman–Crippen LogP) is 4.67. The van der Waals surface area contributed by atoms with Gasteiger partial charge in [-0.1, -0.05) is 4.90 Å². The Balaban J connectivity index is 3.73. The zero-order valence-electron chi connectivity index (χ0n) is 11.6. The number of halogens is 14. The summed E-state index contributed by atoms with van der Waals surface area (Å²) < 4.78 is 187. The van der Waals surface area contributed by atoms with Crippen molar-refractivity contribution in [3.05, 3.63) is 11.7 Å². The highest BCUT2D eigenvalue weighted by molar-refractivity contribution is 5.16. The molecule has 1 saturated heterocycles. The van der Waals surface area contributed by atoms with E-state index < -0.39 is 53.0 Å². The Labute approximate surface area is 132 Å². The Morgan fingerprint density at radius 3 is 1.42 bits per heavy atom. The van der Waals surface area contributed by atoms with Crippen molar-refractivity contribution >= 4 is 0 Å². The molecule has 0 aromatic heterocycles. The summed E-state index contributed by atoms with van der Waals surface area (Å²) in [4.78, 5) is -3.77. The van der Waals surface area contributed by atoms with Gasteiger partial charge in [-0.3, -0.25) is 0 Å². The SMILES string of the molecule is COC(F)(F)/C(F)=C(\F)C(F)(F)N1C(F)(F)C(F)(F)OC(F)(F)C1(F)F. The highest BCUT2D eigenvalue weighted by Crippen LogP contribution is 2.60. The highest BCUT2D eigenvalue weighted by Gasteiger charge is 2.87. The largest absolute Gasteiger partial charge is 0.439 e. The number of hydrogen-bond acceptors (Lipinski definition) is 3. The van der Waals surface area contributed by atoms with Gasteiger partial charge in [-0.25, -0.2) is 9.13 Å². The van der Waals surface area contributed by atoms with Crippen molar-refractivity contribution < 1.29 is 70.9 Å². The quantitative estimate of drug-likeness (QED) is 0.485. The van der Waals surface area contributed by atoms with Crippen LogP contribution in [0.3, 0.4) is 0 Å². The molecule has 17 heteroatoms. The molecule has 0 saturated carbocycles. The average Bonchev–Trinajstić information content (AvgIpc) is 2.41. The van der Waals surface area contributed by atoms with Crippen molar-refractivity contribution in [2.24, 2.45) is 0 Å². The molecule has 0 radical (unpaired) electrons. The summed E-state index contributed by atoms with van der Waals surface area (Å²) >= 11 is 0. The summed E-state index contributed by atoms with van der Waals surface area (Å²) in [6, 6.07) is -21.4. The van der Waals surface area contributed by atoms with Gasteiger partial charge in [0.15, 0.2) is 0 Å². The Morgan fingerprint density at radius 1 is 0.769 bits per heavy atom. The molecule has 1 heterocycles. The van der Waals surface area contributed by atoms with E-state index in [0.717, 1.165) is 0 Å². The molecule has 0 aromatic carbocycles. The van der Waals surface area contributed by atoms with Gasteiger partial charge in [0.25, 0.3) is 0 Å². The third-order valence-electron chi connectivity index (χ3n) is 2.77. The van der Waals surface area contributed by atoms with Gasteiger partial charge < -0.3 is 4.74 Å². The maximum atomic E-state index is 13.5. The first-order valence-electron chi connectivity index (χ1n) is 5.59. The molecule has 1 aliphatic heterocycles. The lowest BCUT2D eigenvalue weighted by atomic mass is 10.2. The molecule has 26 heavy (non-hydrogen) atoms. The van der Waals surface area contributed by atoms with Crippen LogP contribution in [0.5, 0.6) is 0 Å². The fourth-order valence-corrected chi connectivity index (χ4v) is 1.52. The van der Waals surface area contributed by atoms with E-state index >= 15 is 0 Å². The van der Waals surface area contributed by atoms with Crippen LogP contribution in [-0.2, 0) is 9.47 Å². The first kappa shape index (κ1) is 22.7. The van der Waals surface area contributed by atoms with Crippen LogP contribution in [0.25, 0.3) is 0 Å². The smallest absolute Gasteiger partial charge is 0.318 e. The van der Waals surface area contributed by atoms with E-state index in [9.17, 15) is 61.5 Å². The topological polar surface area (TPSA) is 21.7 Å². The molecule has 1 rings (SSSR count). The van der Waals surface area contributed by atoms with Gasteiger partial charge in [0, 0.05) is 7.11 Å². The lowest BCUT2D eigenvalue weighted by molar-refractivity contribution is -0.583. The number of alkyl halides is 12. The fourth-order valence-electron chi connectivity index (χ4n) is 1.52. The van der Waals surface area contributed by atoms with E-state index in [2.05, 4.69) is 4.74 Å².